The lowest BCUT2D eigenvalue weighted by molar-refractivity contribution is 0.402. The maximum Gasteiger partial charge on any atom is 0.255 e. The van der Waals surface area contributed by atoms with Gasteiger partial charge in [0.1, 0.15) is 0 Å². The summed E-state index contributed by atoms with van der Waals surface area (Å²) in [5.41, 5.74) is 4.88. The molecular weight excluding hydrogens is 376 g/mol. The normalized spacial score (nSPS) is 11.1. The van der Waals surface area contributed by atoms with Crippen molar-refractivity contribution < 1.29 is 0 Å². The number of anilines is 1. The summed E-state index contributed by atoms with van der Waals surface area (Å²) in [5.74, 6) is 0.511. The van der Waals surface area contributed by atoms with Gasteiger partial charge in [-0.1, -0.05) is 6.07 Å². The summed E-state index contributed by atoms with van der Waals surface area (Å²) in [6.45, 7) is 3.62. The molecule has 7 nitrogen and oxygen atoms in total. The van der Waals surface area contributed by atoms with Crippen molar-refractivity contribution in [3.8, 4) is 0 Å². The molecule has 0 aliphatic carbocycles. The molecule has 0 bridgehead atoms. The van der Waals surface area contributed by atoms with Crippen LogP contribution in [0.4, 0.5) is 5.95 Å². The van der Waals surface area contributed by atoms with Crippen LogP contribution in [0.3, 0.4) is 0 Å². The van der Waals surface area contributed by atoms with Crippen molar-refractivity contribution in [3.63, 3.8) is 0 Å². The van der Waals surface area contributed by atoms with Crippen LogP contribution in [-0.2, 0) is 19.4 Å². The highest BCUT2D eigenvalue weighted by molar-refractivity contribution is 5.27. The highest BCUT2D eigenvalue weighted by Crippen LogP contribution is 2.08. The summed E-state index contributed by atoms with van der Waals surface area (Å²) in [6.07, 6.45) is 8.78. The second kappa shape index (κ2) is 10.6. The summed E-state index contributed by atoms with van der Waals surface area (Å²) >= 11 is 0. The SMILES string of the molecule is Cc1ccc(Cc2cnc(NCCCCc3cc(CN(C)C)ccn3)[nH]c2=O)cn1. The smallest absolute Gasteiger partial charge is 0.255 e. The molecule has 0 aromatic carbocycles. The van der Waals surface area contributed by atoms with E-state index >= 15 is 0 Å². The highest BCUT2D eigenvalue weighted by Gasteiger charge is 2.05. The Hall–Kier alpha value is -3.06. The quantitative estimate of drug-likeness (QED) is 0.504. The topological polar surface area (TPSA) is 86.8 Å². The fourth-order valence-corrected chi connectivity index (χ4v) is 3.23. The highest BCUT2D eigenvalue weighted by atomic mass is 16.1. The van der Waals surface area contributed by atoms with E-state index in [2.05, 4.69) is 56.4 Å². The first-order valence-electron chi connectivity index (χ1n) is 10.3. The maximum atomic E-state index is 12.3. The van der Waals surface area contributed by atoms with E-state index in [0.29, 0.717) is 17.9 Å². The number of aromatic amines is 1. The van der Waals surface area contributed by atoms with Crippen molar-refractivity contribution >= 4 is 5.95 Å². The van der Waals surface area contributed by atoms with Crippen LogP contribution in [0.25, 0.3) is 0 Å². The molecule has 0 aliphatic rings. The van der Waals surface area contributed by atoms with Crippen molar-refractivity contribution in [1.82, 2.24) is 24.8 Å². The third kappa shape index (κ3) is 6.77. The molecule has 0 unspecified atom stereocenters. The van der Waals surface area contributed by atoms with Crippen LogP contribution >= 0.6 is 0 Å². The van der Waals surface area contributed by atoms with E-state index in [9.17, 15) is 4.79 Å². The van der Waals surface area contributed by atoms with Crippen LogP contribution < -0.4 is 10.9 Å². The predicted molar refractivity (Wildman–Crippen MR) is 120 cm³/mol. The number of hydrogen-bond acceptors (Lipinski definition) is 6. The number of nitrogens with zero attached hydrogens (tertiary/aromatic N) is 4. The van der Waals surface area contributed by atoms with Crippen molar-refractivity contribution in [3.05, 3.63) is 81.3 Å². The molecule has 158 valence electrons. The lowest BCUT2D eigenvalue weighted by Crippen LogP contribution is -2.17. The molecule has 2 N–H and O–H groups in total. The van der Waals surface area contributed by atoms with Gasteiger partial charge in [-0.05, 0) is 69.6 Å². The molecule has 0 saturated heterocycles. The van der Waals surface area contributed by atoms with Crippen molar-refractivity contribution in [2.45, 2.75) is 39.2 Å². The van der Waals surface area contributed by atoms with Crippen molar-refractivity contribution in [2.75, 3.05) is 26.0 Å². The first-order valence-corrected chi connectivity index (χ1v) is 10.3. The van der Waals surface area contributed by atoms with E-state index in [-0.39, 0.29) is 5.56 Å². The number of hydrogen-bond donors (Lipinski definition) is 2. The molecule has 3 rings (SSSR count). The van der Waals surface area contributed by atoms with Gasteiger partial charge in [0.2, 0.25) is 5.95 Å². The molecule has 3 aromatic heterocycles. The van der Waals surface area contributed by atoms with Crippen LogP contribution in [0.5, 0.6) is 0 Å². The van der Waals surface area contributed by atoms with Gasteiger partial charge in [-0.2, -0.15) is 0 Å². The van der Waals surface area contributed by atoms with E-state index in [0.717, 1.165) is 49.3 Å². The second-order valence-corrected chi connectivity index (χ2v) is 7.85. The van der Waals surface area contributed by atoms with E-state index in [4.69, 9.17) is 0 Å². The Morgan fingerprint density at radius 2 is 1.90 bits per heavy atom. The number of aromatic nitrogens is 4. The van der Waals surface area contributed by atoms with Gasteiger partial charge >= 0.3 is 0 Å². The summed E-state index contributed by atoms with van der Waals surface area (Å²) in [5, 5.41) is 3.20. The number of aryl methyl sites for hydroxylation is 2. The van der Waals surface area contributed by atoms with E-state index in [1.807, 2.05) is 25.3 Å². The summed E-state index contributed by atoms with van der Waals surface area (Å²) in [6, 6.07) is 8.17. The largest absolute Gasteiger partial charge is 0.356 e. The van der Waals surface area contributed by atoms with Crippen LogP contribution in [-0.4, -0.2) is 45.5 Å². The molecule has 3 aromatic rings. The van der Waals surface area contributed by atoms with Crippen LogP contribution in [0.1, 0.15) is 40.9 Å². The zero-order chi connectivity index (χ0) is 21.3. The van der Waals surface area contributed by atoms with Crippen LogP contribution in [0, 0.1) is 6.92 Å². The summed E-state index contributed by atoms with van der Waals surface area (Å²) in [4.78, 5) is 30.4. The molecule has 0 aliphatic heterocycles. The lowest BCUT2D eigenvalue weighted by Gasteiger charge is -2.10. The Morgan fingerprint density at radius 1 is 1.03 bits per heavy atom. The lowest BCUT2D eigenvalue weighted by atomic mass is 10.1. The monoisotopic (exact) mass is 406 g/mol. The molecule has 0 amide bonds. The van der Waals surface area contributed by atoms with Gasteiger partial charge in [0.05, 0.1) is 0 Å². The fraction of sp³-hybridized carbons (Fsp3) is 0.391. The zero-order valence-electron chi connectivity index (χ0n) is 18.0. The van der Waals surface area contributed by atoms with Crippen molar-refractivity contribution in [2.24, 2.45) is 0 Å². The number of unbranched alkanes of at least 4 members (excludes halogenated alkanes) is 1. The minimum Gasteiger partial charge on any atom is -0.356 e. The van der Waals surface area contributed by atoms with Gasteiger partial charge in [0.25, 0.3) is 5.56 Å². The number of pyridine rings is 2. The van der Waals surface area contributed by atoms with Crippen LogP contribution in [0.15, 0.2) is 47.7 Å². The van der Waals surface area contributed by atoms with Crippen molar-refractivity contribution in [1.29, 1.82) is 0 Å². The summed E-state index contributed by atoms with van der Waals surface area (Å²) in [7, 11) is 4.13. The Bertz CT molecular complexity index is 997. The number of rotatable bonds is 10. The molecule has 0 radical (unpaired) electrons. The Balaban J connectivity index is 1.43. The maximum absolute atomic E-state index is 12.3. The standard InChI is InChI=1S/C23H30N6O/c1-17-7-8-18(14-26-17)12-20-15-27-23(28-22(20)30)25-10-5-4-6-21-13-19(9-11-24-21)16-29(2)3/h7-9,11,13-15H,4-6,10,12,16H2,1-3H3,(H2,25,27,28,30). The number of nitrogens with one attached hydrogen (secondary N) is 2. The molecule has 0 atom stereocenters. The first-order chi connectivity index (χ1) is 14.5. The van der Waals surface area contributed by atoms with Gasteiger partial charge in [0, 0.05) is 55.1 Å². The van der Waals surface area contributed by atoms with Gasteiger partial charge in [-0.15, -0.1) is 0 Å². The Labute approximate surface area is 177 Å². The minimum absolute atomic E-state index is 0.116. The molecule has 7 heteroatoms. The van der Waals surface area contributed by atoms with E-state index in [1.165, 1.54) is 5.56 Å². The van der Waals surface area contributed by atoms with E-state index in [1.54, 1.807) is 12.4 Å². The first kappa shape index (κ1) is 21.6. The zero-order valence-corrected chi connectivity index (χ0v) is 18.0. The van der Waals surface area contributed by atoms with Gasteiger partial charge in [-0.3, -0.25) is 19.7 Å². The molecule has 0 fully saturated rings. The molecule has 0 spiro atoms. The molecule has 30 heavy (non-hydrogen) atoms. The van der Waals surface area contributed by atoms with E-state index < -0.39 is 0 Å². The Kier molecular flexibility index (Phi) is 7.68. The third-order valence-corrected chi connectivity index (χ3v) is 4.77. The fourth-order valence-electron chi connectivity index (χ4n) is 3.23. The number of H-pyrrole nitrogens is 1. The average Bonchev–Trinajstić information content (AvgIpc) is 2.71. The third-order valence-electron chi connectivity index (χ3n) is 4.77. The average molecular weight is 407 g/mol. The minimum atomic E-state index is -0.116. The molecule has 3 heterocycles. The molecular formula is C23H30N6O. The second-order valence-electron chi connectivity index (χ2n) is 7.85. The Morgan fingerprint density at radius 3 is 2.63 bits per heavy atom. The van der Waals surface area contributed by atoms with Gasteiger partial charge in [-0.25, -0.2) is 4.98 Å². The molecule has 0 saturated carbocycles. The van der Waals surface area contributed by atoms with Gasteiger partial charge in [0.15, 0.2) is 0 Å². The predicted octanol–water partition coefficient (Wildman–Crippen LogP) is 2.96. The van der Waals surface area contributed by atoms with Gasteiger partial charge < -0.3 is 10.2 Å². The van der Waals surface area contributed by atoms with Crippen LogP contribution in [0.2, 0.25) is 0 Å². The summed E-state index contributed by atoms with van der Waals surface area (Å²) < 4.78 is 0.